The van der Waals surface area contributed by atoms with Gasteiger partial charge in [-0.3, -0.25) is 14.5 Å². The molecule has 0 radical (unpaired) electrons. The molecule has 1 saturated heterocycles. The number of benzene rings is 1. The number of nitrogens with one attached hydrogen (secondary N) is 2. The molecule has 2 amide bonds. The van der Waals surface area contributed by atoms with Gasteiger partial charge in [0.05, 0.1) is 19.8 Å². The van der Waals surface area contributed by atoms with Crippen LogP contribution in [0.3, 0.4) is 0 Å². The fourth-order valence-electron chi connectivity index (χ4n) is 3.19. The number of amides is 2. The van der Waals surface area contributed by atoms with Crippen LogP contribution in [0.2, 0.25) is 0 Å². The van der Waals surface area contributed by atoms with Crippen LogP contribution >= 0.6 is 12.4 Å². The zero-order valence-corrected chi connectivity index (χ0v) is 16.3. The topological polar surface area (TPSA) is 79.9 Å². The minimum absolute atomic E-state index is 0. The molecule has 26 heavy (non-hydrogen) atoms. The highest BCUT2D eigenvalue weighted by molar-refractivity contribution is 5.86. The number of methoxy groups -OCH3 is 2. The first-order valence-electron chi connectivity index (χ1n) is 8.50. The van der Waals surface area contributed by atoms with Crippen molar-refractivity contribution in [1.29, 1.82) is 0 Å². The molecule has 2 rings (SSSR count). The molecule has 0 bridgehead atoms. The Hall–Kier alpha value is -1.83. The molecule has 0 unspecified atom stereocenters. The Balaban J connectivity index is 0.00000338. The molecule has 1 aliphatic rings. The molecule has 0 spiro atoms. The smallest absolute Gasteiger partial charge is 0.241 e. The number of rotatable bonds is 8. The lowest BCUT2D eigenvalue weighted by Gasteiger charge is -2.31. The molecular weight excluding hydrogens is 358 g/mol. The van der Waals surface area contributed by atoms with Gasteiger partial charge in [-0.05, 0) is 30.5 Å². The van der Waals surface area contributed by atoms with E-state index in [1.807, 2.05) is 29.2 Å². The quantitative estimate of drug-likeness (QED) is 0.656. The maximum atomic E-state index is 12.5. The van der Waals surface area contributed by atoms with Crippen LogP contribution < -0.4 is 15.4 Å². The average Bonchev–Trinajstić information content (AvgIpc) is 3.11. The van der Waals surface area contributed by atoms with Crippen LogP contribution in [0.25, 0.3) is 0 Å². The van der Waals surface area contributed by atoms with Crippen molar-refractivity contribution in [3.05, 3.63) is 29.8 Å². The van der Waals surface area contributed by atoms with Crippen molar-refractivity contribution < 1.29 is 19.1 Å². The van der Waals surface area contributed by atoms with E-state index in [1.54, 1.807) is 21.3 Å². The van der Waals surface area contributed by atoms with Crippen LogP contribution in [-0.4, -0.2) is 63.7 Å². The summed E-state index contributed by atoms with van der Waals surface area (Å²) >= 11 is 0. The number of likely N-dealkylation sites (N-methyl/N-ethyl adjacent to an activating group) is 1. The number of nitrogens with zero attached hydrogens (tertiary/aromatic N) is 1. The van der Waals surface area contributed by atoms with E-state index in [0.29, 0.717) is 19.7 Å². The zero-order valence-electron chi connectivity index (χ0n) is 15.5. The van der Waals surface area contributed by atoms with E-state index in [2.05, 4.69) is 10.6 Å². The second-order valence-electron chi connectivity index (χ2n) is 5.97. The van der Waals surface area contributed by atoms with Gasteiger partial charge in [-0.1, -0.05) is 12.1 Å². The minimum atomic E-state index is -0.503. The summed E-state index contributed by atoms with van der Waals surface area (Å²) in [6, 6.07) is 6.58. The summed E-state index contributed by atoms with van der Waals surface area (Å²) in [5.74, 6) is 0.549. The van der Waals surface area contributed by atoms with Gasteiger partial charge in [-0.25, -0.2) is 0 Å². The SMILES string of the molecule is CNC(=O)[C@@H](c1ccc(OC)cc1)N1CCC[C@H]1C(=O)NCCOC.Cl. The van der Waals surface area contributed by atoms with Gasteiger partial charge in [0.15, 0.2) is 0 Å². The standard InChI is InChI=1S/C18H27N3O4.ClH/c1-19-18(23)16(13-6-8-14(25-3)9-7-13)21-11-4-5-15(21)17(22)20-10-12-24-2;/h6-9,15-16H,4-5,10-12H2,1-3H3,(H,19,23)(H,20,22);1H/t15-,16+;/m0./s1. The number of halogens is 1. The van der Waals surface area contributed by atoms with Crippen molar-refractivity contribution in [2.45, 2.75) is 24.9 Å². The summed E-state index contributed by atoms with van der Waals surface area (Å²) in [6.07, 6.45) is 1.62. The highest BCUT2D eigenvalue weighted by Gasteiger charge is 2.38. The third-order valence-electron chi connectivity index (χ3n) is 4.46. The molecule has 1 fully saturated rings. The van der Waals surface area contributed by atoms with E-state index >= 15 is 0 Å². The second-order valence-corrected chi connectivity index (χ2v) is 5.97. The monoisotopic (exact) mass is 385 g/mol. The van der Waals surface area contributed by atoms with Gasteiger partial charge < -0.3 is 20.1 Å². The Morgan fingerprint density at radius 3 is 2.54 bits per heavy atom. The van der Waals surface area contributed by atoms with Crippen LogP contribution in [0.4, 0.5) is 0 Å². The first-order valence-corrected chi connectivity index (χ1v) is 8.50. The molecule has 2 N–H and O–H groups in total. The Bertz CT molecular complexity index is 582. The minimum Gasteiger partial charge on any atom is -0.497 e. The molecule has 1 heterocycles. The van der Waals surface area contributed by atoms with E-state index in [9.17, 15) is 9.59 Å². The summed E-state index contributed by atoms with van der Waals surface area (Å²) in [5, 5.41) is 5.60. The molecule has 0 aromatic heterocycles. The van der Waals surface area contributed by atoms with Gasteiger partial charge in [0.2, 0.25) is 11.8 Å². The highest BCUT2D eigenvalue weighted by atomic mass is 35.5. The third kappa shape index (κ3) is 5.33. The average molecular weight is 386 g/mol. The molecule has 1 aromatic rings. The van der Waals surface area contributed by atoms with E-state index < -0.39 is 6.04 Å². The van der Waals surface area contributed by atoms with Gasteiger partial charge in [0.25, 0.3) is 0 Å². The van der Waals surface area contributed by atoms with Gasteiger partial charge >= 0.3 is 0 Å². The molecule has 8 heteroatoms. The predicted molar refractivity (Wildman–Crippen MR) is 102 cm³/mol. The number of carbonyl (C=O) groups excluding carboxylic acids is 2. The lowest BCUT2D eigenvalue weighted by molar-refractivity contribution is -0.131. The van der Waals surface area contributed by atoms with E-state index in [1.165, 1.54) is 0 Å². The number of carbonyl (C=O) groups is 2. The van der Waals surface area contributed by atoms with E-state index in [0.717, 1.165) is 24.2 Å². The van der Waals surface area contributed by atoms with Crippen LogP contribution in [0.15, 0.2) is 24.3 Å². The third-order valence-corrected chi connectivity index (χ3v) is 4.46. The summed E-state index contributed by atoms with van der Waals surface area (Å²) in [6.45, 7) is 1.63. The van der Waals surface area contributed by atoms with Crippen molar-refractivity contribution in [3.8, 4) is 5.75 Å². The molecule has 7 nitrogen and oxygen atoms in total. The van der Waals surface area contributed by atoms with Gasteiger partial charge in [0.1, 0.15) is 11.8 Å². The fraction of sp³-hybridized carbons (Fsp3) is 0.556. The maximum Gasteiger partial charge on any atom is 0.241 e. The maximum absolute atomic E-state index is 12.5. The van der Waals surface area contributed by atoms with Crippen LogP contribution in [0, 0.1) is 0 Å². The van der Waals surface area contributed by atoms with Crippen molar-refractivity contribution in [1.82, 2.24) is 15.5 Å². The molecular formula is C18H28ClN3O4. The van der Waals surface area contributed by atoms with Crippen molar-refractivity contribution >= 4 is 24.2 Å². The Morgan fingerprint density at radius 2 is 1.96 bits per heavy atom. The Labute approximate surface area is 160 Å². The van der Waals surface area contributed by atoms with E-state index in [4.69, 9.17) is 9.47 Å². The highest BCUT2D eigenvalue weighted by Crippen LogP contribution is 2.30. The van der Waals surface area contributed by atoms with Crippen molar-refractivity contribution in [3.63, 3.8) is 0 Å². The van der Waals surface area contributed by atoms with Crippen molar-refractivity contribution in [2.24, 2.45) is 0 Å². The zero-order chi connectivity index (χ0) is 18.2. The fourth-order valence-corrected chi connectivity index (χ4v) is 3.19. The van der Waals surface area contributed by atoms with Crippen molar-refractivity contribution in [2.75, 3.05) is 41.0 Å². The molecule has 0 aliphatic carbocycles. The normalized spacial score (nSPS) is 17.9. The van der Waals surface area contributed by atoms with E-state index in [-0.39, 0.29) is 30.3 Å². The second kappa shape index (κ2) is 11.0. The number of hydrogen-bond acceptors (Lipinski definition) is 5. The molecule has 2 atom stereocenters. The van der Waals surface area contributed by atoms with Gasteiger partial charge in [-0.15, -0.1) is 12.4 Å². The lowest BCUT2D eigenvalue weighted by atomic mass is 10.0. The van der Waals surface area contributed by atoms with Crippen LogP contribution in [-0.2, 0) is 14.3 Å². The Morgan fingerprint density at radius 1 is 1.27 bits per heavy atom. The first-order chi connectivity index (χ1) is 12.1. The van der Waals surface area contributed by atoms with Gasteiger partial charge in [0, 0.05) is 27.2 Å². The van der Waals surface area contributed by atoms with Crippen LogP contribution in [0.5, 0.6) is 5.75 Å². The predicted octanol–water partition coefficient (Wildman–Crippen LogP) is 1.13. The summed E-state index contributed by atoms with van der Waals surface area (Å²) in [7, 11) is 4.81. The first kappa shape index (κ1) is 22.2. The summed E-state index contributed by atoms with van der Waals surface area (Å²) in [4.78, 5) is 27.0. The number of likely N-dealkylation sites (tertiary alicyclic amines) is 1. The lowest BCUT2D eigenvalue weighted by Crippen LogP contribution is -2.48. The molecule has 1 aliphatic heterocycles. The largest absolute Gasteiger partial charge is 0.497 e. The Kier molecular flexibility index (Phi) is 9.40. The molecule has 1 aromatic carbocycles. The number of ether oxygens (including phenoxy) is 2. The number of hydrogen-bond donors (Lipinski definition) is 2. The molecule has 146 valence electrons. The molecule has 0 saturated carbocycles. The summed E-state index contributed by atoms with van der Waals surface area (Å²) in [5.41, 5.74) is 0.844. The summed E-state index contributed by atoms with van der Waals surface area (Å²) < 4.78 is 10.2. The van der Waals surface area contributed by atoms with Gasteiger partial charge in [-0.2, -0.15) is 0 Å². The van der Waals surface area contributed by atoms with Crippen LogP contribution in [0.1, 0.15) is 24.4 Å².